The van der Waals surface area contributed by atoms with E-state index in [0.29, 0.717) is 11.2 Å². The van der Waals surface area contributed by atoms with Crippen LogP contribution in [0.2, 0.25) is 0 Å². The molecular formula is C23H27ClN4O. The average molecular weight is 411 g/mol. The maximum Gasteiger partial charge on any atom is 0.257 e. The van der Waals surface area contributed by atoms with Gasteiger partial charge in [-0.1, -0.05) is 17.7 Å². The van der Waals surface area contributed by atoms with Crippen LogP contribution >= 0.6 is 12.4 Å². The number of carbonyl (C=O) groups excluding carboxylic acids is 1. The van der Waals surface area contributed by atoms with Crippen molar-refractivity contribution in [2.24, 2.45) is 0 Å². The second-order valence-electron chi connectivity index (χ2n) is 7.71. The first-order valence-electron chi connectivity index (χ1n) is 9.94. The number of pyridine rings is 2. The maximum atomic E-state index is 13.4. The molecule has 3 aromatic rings. The molecule has 1 saturated heterocycles. The topological polar surface area (TPSA) is 58.1 Å². The second-order valence-corrected chi connectivity index (χ2v) is 7.71. The molecule has 3 heterocycles. The lowest BCUT2D eigenvalue weighted by Crippen LogP contribution is -2.42. The fourth-order valence-electron chi connectivity index (χ4n) is 3.80. The molecule has 1 aromatic carbocycles. The Hall–Kier alpha value is -2.66. The molecule has 1 atom stereocenters. The van der Waals surface area contributed by atoms with Crippen molar-refractivity contribution in [1.82, 2.24) is 14.9 Å². The van der Waals surface area contributed by atoms with Crippen LogP contribution in [0.4, 0.5) is 11.4 Å². The summed E-state index contributed by atoms with van der Waals surface area (Å²) in [6.45, 7) is 6.94. The number of aromatic nitrogens is 2. The number of fused-ring (bicyclic) bond motifs is 1. The summed E-state index contributed by atoms with van der Waals surface area (Å²) in [5.41, 5.74) is 5.08. The van der Waals surface area contributed by atoms with Crippen LogP contribution in [0.3, 0.4) is 0 Å². The molecule has 1 fully saturated rings. The van der Waals surface area contributed by atoms with Crippen molar-refractivity contribution in [2.75, 3.05) is 11.9 Å². The minimum absolute atomic E-state index is 0. The number of nitrogens with one attached hydrogen (secondary N) is 1. The van der Waals surface area contributed by atoms with Crippen LogP contribution in [-0.2, 0) is 0 Å². The molecule has 1 N–H and O–H groups in total. The van der Waals surface area contributed by atoms with Gasteiger partial charge in [0.1, 0.15) is 0 Å². The number of piperidine rings is 1. The summed E-state index contributed by atoms with van der Waals surface area (Å²) < 4.78 is 0. The predicted molar refractivity (Wildman–Crippen MR) is 120 cm³/mol. The SMILES string of the molecule is Cc1ccc(Nc2c(C(=O)N3CCCCC3C)cnc3nc(C)ccc23)cc1.Cl. The molecule has 29 heavy (non-hydrogen) atoms. The second kappa shape index (κ2) is 8.78. The number of hydrogen-bond donors (Lipinski definition) is 1. The highest BCUT2D eigenvalue weighted by Gasteiger charge is 2.27. The number of benzene rings is 1. The van der Waals surface area contributed by atoms with Gasteiger partial charge in [-0.05, 0) is 64.3 Å². The lowest BCUT2D eigenvalue weighted by molar-refractivity contribution is 0.0636. The van der Waals surface area contributed by atoms with Crippen LogP contribution in [0.15, 0.2) is 42.6 Å². The number of nitrogens with zero attached hydrogens (tertiary/aromatic N) is 3. The Morgan fingerprint density at radius 2 is 1.86 bits per heavy atom. The smallest absolute Gasteiger partial charge is 0.257 e. The van der Waals surface area contributed by atoms with Gasteiger partial charge in [0.25, 0.3) is 5.91 Å². The Morgan fingerprint density at radius 1 is 1.10 bits per heavy atom. The normalized spacial score (nSPS) is 16.4. The molecule has 1 aliphatic rings. The molecule has 1 aliphatic heterocycles. The maximum absolute atomic E-state index is 13.4. The van der Waals surface area contributed by atoms with Crippen LogP contribution < -0.4 is 5.32 Å². The van der Waals surface area contributed by atoms with E-state index in [1.54, 1.807) is 6.20 Å². The molecule has 2 aromatic heterocycles. The summed E-state index contributed by atoms with van der Waals surface area (Å²) in [4.78, 5) is 24.4. The Balaban J connectivity index is 0.00000240. The Morgan fingerprint density at radius 3 is 2.59 bits per heavy atom. The molecule has 0 bridgehead atoms. The van der Waals surface area contributed by atoms with Crippen LogP contribution in [0.1, 0.15) is 47.8 Å². The number of carbonyl (C=O) groups is 1. The molecule has 0 saturated carbocycles. The number of anilines is 2. The largest absolute Gasteiger partial charge is 0.354 e. The summed E-state index contributed by atoms with van der Waals surface area (Å²) in [6, 6.07) is 12.4. The van der Waals surface area contributed by atoms with Gasteiger partial charge in [-0.3, -0.25) is 4.79 Å². The van der Waals surface area contributed by atoms with Crippen molar-refractivity contribution in [3.8, 4) is 0 Å². The fraction of sp³-hybridized carbons (Fsp3) is 0.348. The molecule has 4 rings (SSSR count). The first-order chi connectivity index (χ1) is 13.5. The van der Waals surface area contributed by atoms with Gasteiger partial charge < -0.3 is 10.2 Å². The Bertz CT molecular complexity index is 1020. The Kier molecular flexibility index (Phi) is 6.38. The highest BCUT2D eigenvalue weighted by molar-refractivity contribution is 6.07. The van der Waals surface area contributed by atoms with Crippen molar-refractivity contribution in [3.63, 3.8) is 0 Å². The van der Waals surface area contributed by atoms with Gasteiger partial charge in [-0.15, -0.1) is 12.4 Å². The van der Waals surface area contributed by atoms with Crippen LogP contribution in [0, 0.1) is 13.8 Å². The van der Waals surface area contributed by atoms with Gasteiger partial charge in [-0.25, -0.2) is 9.97 Å². The van der Waals surface area contributed by atoms with Crippen molar-refractivity contribution >= 4 is 40.7 Å². The van der Waals surface area contributed by atoms with E-state index in [9.17, 15) is 4.79 Å². The van der Waals surface area contributed by atoms with E-state index in [4.69, 9.17) is 0 Å². The summed E-state index contributed by atoms with van der Waals surface area (Å²) >= 11 is 0. The summed E-state index contributed by atoms with van der Waals surface area (Å²) in [6.07, 6.45) is 4.96. The number of likely N-dealkylation sites (tertiary alicyclic amines) is 1. The molecule has 0 aliphatic carbocycles. The van der Waals surface area contributed by atoms with E-state index in [2.05, 4.69) is 41.3 Å². The summed E-state index contributed by atoms with van der Waals surface area (Å²) in [7, 11) is 0. The Labute approximate surface area is 178 Å². The zero-order valence-electron chi connectivity index (χ0n) is 17.1. The van der Waals surface area contributed by atoms with Gasteiger partial charge in [0, 0.05) is 35.6 Å². The fourth-order valence-corrected chi connectivity index (χ4v) is 3.80. The lowest BCUT2D eigenvalue weighted by Gasteiger charge is -2.34. The first-order valence-corrected chi connectivity index (χ1v) is 9.94. The van der Waals surface area contributed by atoms with Crippen molar-refractivity contribution in [2.45, 2.75) is 46.1 Å². The van der Waals surface area contributed by atoms with Crippen LogP contribution in [-0.4, -0.2) is 33.4 Å². The summed E-state index contributed by atoms with van der Waals surface area (Å²) in [5, 5.41) is 4.33. The van der Waals surface area contributed by atoms with E-state index in [1.807, 2.05) is 36.1 Å². The summed E-state index contributed by atoms with van der Waals surface area (Å²) in [5.74, 6) is 0.0387. The van der Waals surface area contributed by atoms with Crippen molar-refractivity contribution in [3.05, 3.63) is 59.4 Å². The number of amides is 1. The monoisotopic (exact) mass is 410 g/mol. The minimum atomic E-state index is 0. The number of rotatable bonds is 3. The highest BCUT2D eigenvalue weighted by Crippen LogP contribution is 2.31. The molecule has 152 valence electrons. The van der Waals surface area contributed by atoms with E-state index in [-0.39, 0.29) is 24.4 Å². The first kappa shape index (κ1) is 21.1. The third kappa shape index (κ3) is 4.35. The minimum Gasteiger partial charge on any atom is -0.354 e. The molecule has 5 nitrogen and oxygen atoms in total. The van der Waals surface area contributed by atoms with Gasteiger partial charge in [-0.2, -0.15) is 0 Å². The highest BCUT2D eigenvalue weighted by atomic mass is 35.5. The van der Waals surface area contributed by atoms with E-state index in [0.717, 1.165) is 41.8 Å². The predicted octanol–water partition coefficient (Wildman–Crippen LogP) is 5.43. The van der Waals surface area contributed by atoms with Gasteiger partial charge in [0.2, 0.25) is 0 Å². The zero-order chi connectivity index (χ0) is 19.7. The van der Waals surface area contributed by atoms with E-state index < -0.39 is 0 Å². The standard InChI is InChI=1S/C23H26N4O.ClH/c1-15-7-10-18(11-8-15)26-21-19-12-9-16(2)25-22(19)24-14-20(21)23(28)27-13-5-4-6-17(27)3;/h7-12,14,17H,4-6,13H2,1-3H3,(H,24,25,26);1H. The average Bonchev–Trinajstić information content (AvgIpc) is 2.69. The van der Waals surface area contributed by atoms with Gasteiger partial charge >= 0.3 is 0 Å². The third-order valence-electron chi connectivity index (χ3n) is 5.48. The zero-order valence-corrected chi connectivity index (χ0v) is 17.9. The van der Waals surface area contributed by atoms with Gasteiger partial charge in [0.05, 0.1) is 11.3 Å². The van der Waals surface area contributed by atoms with Crippen molar-refractivity contribution < 1.29 is 4.79 Å². The number of aryl methyl sites for hydroxylation is 2. The molecule has 1 unspecified atom stereocenters. The molecule has 1 amide bonds. The van der Waals surface area contributed by atoms with E-state index in [1.165, 1.54) is 12.0 Å². The van der Waals surface area contributed by atoms with Crippen LogP contribution in [0.5, 0.6) is 0 Å². The van der Waals surface area contributed by atoms with Gasteiger partial charge in [0.15, 0.2) is 5.65 Å². The molecule has 0 spiro atoms. The molecule has 6 heteroatoms. The quantitative estimate of drug-likeness (QED) is 0.625. The third-order valence-corrected chi connectivity index (χ3v) is 5.48. The lowest BCUT2D eigenvalue weighted by atomic mass is 10.0. The molecular weight excluding hydrogens is 384 g/mol. The number of hydrogen-bond acceptors (Lipinski definition) is 4. The van der Waals surface area contributed by atoms with Crippen molar-refractivity contribution in [1.29, 1.82) is 0 Å². The number of halogens is 1. The van der Waals surface area contributed by atoms with E-state index >= 15 is 0 Å². The molecule has 0 radical (unpaired) electrons. The van der Waals surface area contributed by atoms with Crippen LogP contribution in [0.25, 0.3) is 11.0 Å².